The quantitative estimate of drug-likeness (QED) is 0.697. The molecule has 2 saturated heterocycles. The van der Waals surface area contributed by atoms with Crippen LogP contribution in [0.25, 0.3) is 0 Å². The third-order valence-corrected chi connectivity index (χ3v) is 5.78. The normalized spacial score (nSPS) is 29.2. The van der Waals surface area contributed by atoms with Gasteiger partial charge in [0.2, 0.25) is 11.8 Å². The number of phenolic OH excluding ortho intramolecular Hbond substituents is 1. The van der Waals surface area contributed by atoms with Crippen molar-refractivity contribution in [2.24, 2.45) is 11.8 Å². The summed E-state index contributed by atoms with van der Waals surface area (Å²) in [4.78, 5) is 39.5. The van der Waals surface area contributed by atoms with E-state index in [9.17, 15) is 24.6 Å². The molecule has 0 unspecified atom stereocenters. The Bertz CT molecular complexity index is 960. The van der Waals surface area contributed by atoms with Crippen LogP contribution in [-0.4, -0.2) is 38.4 Å². The van der Waals surface area contributed by atoms with Crippen molar-refractivity contribution >= 4 is 17.8 Å². The largest absolute Gasteiger partial charge is 0.508 e. The zero-order valence-corrected chi connectivity index (χ0v) is 15.2. The number of nitrogens with one attached hydrogen (secondary N) is 1. The average Bonchev–Trinajstić information content (AvgIpc) is 3.12. The second-order valence-corrected chi connectivity index (χ2v) is 7.44. The number of imide groups is 1. The number of nitrogens with zero attached hydrogens (tertiary/aromatic N) is 1. The van der Waals surface area contributed by atoms with Crippen LogP contribution in [0.3, 0.4) is 0 Å². The minimum atomic E-state index is -1.62. The Labute approximate surface area is 161 Å². The first kappa shape index (κ1) is 18.2. The maximum atomic E-state index is 13.2. The van der Waals surface area contributed by atoms with Gasteiger partial charge in [0.1, 0.15) is 11.3 Å². The summed E-state index contributed by atoms with van der Waals surface area (Å²) in [7, 11) is 0. The number of carboxylic acid groups (broad SMARTS) is 1. The van der Waals surface area contributed by atoms with Gasteiger partial charge in [-0.15, -0.1) is 0 Å². The van der Waals surface area contributed by atoms with E-state index in [0.717, 1.165) is 10.5 Å². The smallest absolute Gasteiger partial charge is 0.324 e. The summed E-state index contributed by atoms with van der Waals surface area (Å²) in [6.45, 7) is 1.51. The summed E-state index contributed by atoms with van der Waals surface area (Å²) in [5.41, 5.74) is -0.422. The molecular formula is C21H20N2O5. The van der Waals surface area contributed by atoms with E-state index in [2.05, 4.69) is 5.32 Å². The predicted molar refractivity (Wildman–Crippen MR) is 99.0 cm³/mol. The fraction of sp³-hybridized carbons (Fsp3) is 0.286. The average molecular weight is 380 g/mol. The van der Waals surface area contributed by atoms with Crippen molar-refractivity contribution in [3.63, 3.8) is 0 Å². The number of aliphatic carboxylic acids is 1. The number of fused-ring (bicyclic) bond motifs is 1. The van der Waals surface area contributed by atoms with Crippen LogP contribution in [0, 0.1) is 11.8 Å². The second kappa shape index (κ2) is 6.45. The monoisotopic (exact) mass is 380 g/mol. The number of carbonyl (C=O) groups excluding carboxylic acids is 2. The van der Waals surface area contributed by atoms with E-state index >= 15 is 0 Å². The number of hydrogen-bond donors (Lipinski definition) is 3. The molecule has 28 heavy (non-hydrogen) atoms. The third-order valence-electron chi connectivity index (χ3n) is 5.78. The van der Waals surface area contributed by atoms with Gasteiger partial charge >= 0.3 is 5.97 Å². The van der Waals surface area contributed by atoms with Gasteiger partial charge in [-0.1, -0.05) is 48.5 Å². The molecule has 2 amide bonds. The van der Waals surface area contributed by atoms with Crippen LogP contribution in [0.4, 0.5) is 0 Å². The first-order valence-corrected chi connectivity index (χ1v) is 9.02. The zero-order valence-electron chi connectivity index (χ0n) is 15.2. The molecule has 2 aromatic rings. The van der Waals surface area contributed by atoms with Gasteiger partial charge in [0.15, 0.2) is 0 Å². The molecule has 2 aliphatic heterocycles. The Hall–Kier alpha value is -3.19. The van der Waals surface area contributed by atoms with E-state index in [0.29, 0.717) is 5.56 Å². The van der Waals surface area contributed by atoms with Gasteiger partial charge in [-0.25, -0.2) is 0 Å². The number of rotatable bonds is 4. The highest BCUT2D eigenvalue weighted by molar-refractivity contribution is 6.09. The summed E-state index contributed by atoms with van der Waals surface area (Å²) in [6.07, 6.45) is 0. The summed E-state index contributed by atoms with van der Waals surface area (Å²) in [6, 6.07) is 14.8. The lowest BCUT2D eigenvalue weighted by Gasteiger charge is -2.27. The van der Waals surface area contributed by atoms with E-state index in [1.165, 1.54) is 13.0 Å². The molecule has 0 aromatic heterocycles. The van der Waals surface area contributed by atoms with Crippen LogP contribution in [-0.2, 0) is 20.9 Å². The third kappa shape index (κ3) is 2.58. The molecule has 2 heterocycles. The van der Waals surface area contributed by atoms with Crippen molar-refractivity contribution in [1.82, 2.24) is 10.2 Å². The van der Waals surface area contributed by atoms with Crippen molar-refractivity contribution in [2.45, 2.75) is 25.0 Å². The number of aromatic hydroxyl groups is 1. The van der Waals surface area contributed by atoms with Gasteiger partial charge in [-0.05, 0) is 18.6 Å². The first-order chi connectivity index (χ1) is 13.3. The fourth-order valence-corrected chi connectivity index (χ4v) is 4.33. The lowest BCUT2D eigenvalue weighted by atomic mass is 9.80. The number of carbonyl (C=O) groups is 3. The van der Waals surface area contributed by atoms with Crippen molar-refractivity contribution in [3.8, 4) is 5.75 Å². The number of hydrogen-bond acceptors (Lipinski definition) is 5. The molecule has 144 valence electrons. The van der Waals surface area contributed by atoms with Gasteiger partial charge in [0.05, 0.1) is 18.4 Å². The van der Waals surface area contributed by atoms with Crippen molar-refractivity contribution in [1.29, 1.82) is 0 Å². The Morgan fingerprint density at radius 2 is 1.71 bits per heavy atom. The molecule has 0 radical (unpaired) electrons. The molecule has 0 bridgehead atoms. The van der Waals surface area contributed by atoms with Gasteiger partial charge in [-0.2, -0.15) is 0 Å². The summed E-state index contributed by atoms with van der Waals surface area (Å²) >= 11 is 0. The van der Waals surface area contributed by atoms with E-state index in [1.807, 2.05) is 30.3 Å². The minimum Gasteiger partial charge on any atom is -0.508 e. The molecule has 0 spiro atoms. The molecule has 2 fully saturated rings. The summed E-state index contributed by atoms with van der Waals surface area (Å²) in [5, 5.41) is 23.0. The fourth-order valence-electron chi connectivity index (χ4n) is 4.33. The molecular weight excluding hydrogens is 360 g/mol. The predicted octanol–water partition coefficient (Wildman–Crippen LogP) is 1.68. The van der Waals surface area contributed by atoms with Crippen LogP contribution in [0.15, 0.2) is 54.6 Å². The Balaban J connectivity index is 1.76. The maximum Gasteiger partial charge on any atom is 0.324 e. The highest BCUT2D eigenvalue weighted by Gasteiger charge is 2.66. The van der Waals surface area contributed by atoms with E-state index < -0.39 is 41.2 Å². The highest BCUT2D eigenvalue weighted by Crippen LogP contribution is 2.50. The lowest BCUT2D eigenvalue weighted by molar-refractivity contribution is -0.150. The molecule has 3 N–H and O–H groups in total. The number of para-hydroxylation sites is 1. The van der Waals surface area contributed by atoms with Gasteiger partial charge in [-0.3, -0.25) is 24.6 Å². The second-order valence-electron chi connectivity index (χ2n) is 7.44. The van der Waals surface area contributed by atoms with Gasteiger partial charge in [0, 0.05) is 11.6 Å². The van der Waals surface area contributed by atoms with E-state index in [4.69, 9.17) is 0 Å². The number of benzene rings is 2. The van der Waals surface area contributed by atoms with Crippen LogP contribution < -0.4 is 5.32 Å². The number of phenols is 1. The van der Waals surface area contributed by atoms with Crippen LogP contribution in [0.2, 0.25) is 0 Å². The lowest BCUT2D eigenvalue weighted by Crippen LogP contribution is -2.53. The first-order valence-electron chi connectivity index (χ1n) is 9.02. The number of amides is 2. The van der Waals surface area contributed by atoms with Crippen LogP contribution >= 0.6 is 0 Å². The molecule has 0 aliphatic carbocycles. The van der Waals surface area contributed by atoms with Crippen LogP contribution in [0.5, 0.6) is 5.75 Å². The standard InChI is InChI=1S/C21H20N2O5/c1-21(20(27)28)16-15(17(22-21)13-9-5-6-10-14(13)24)18(25)23(19(16)26)11-12-7-3-2-4-8-12/h2-10,15-17,22,24H,11H2,1H3,(H,27,28)/t15-,16+,17-,21+/m1/s1. The van der Waals surface area contributed by atoms with Crippen molar-refractivity contribution in [3.05, 3.63) is 65.7 Å². The molecule has 0 saturated carbocycles. The molecule has 7 heteroatoms. The number of carboxylic acids is 1. The van der Waals surface area contributed by atoms with Gasteiger partial charge < -0.3 is 10.2 Å². The van der Waals surface area contributed by atoms with Crippen LogP contribution in [0.1, 0.15) is 24.1 Å². The zero-order chi connectivity index (χ0) is 20.1. The Morgan fingerprint density at radius 3 is 2.36 bits per heavy atom. The molecule has 2 aliphatic rings. The van der Waals surface area contributed by atoms with Crippen molar-refractivity contribution < 1.29 is 24.6 Å². The molecule has 4 atom stereocenters. The minimum absolute atomic E-state index is 0.0462. The number of likely N-dealkylation sites (tertiary alicyclic amines) is 1. The molecule has 7 nitrogen and oxygen atoms in total. The Morgan fingerprint density at radius 1 is 1.07 bits per heavy atom. The Kier molecular flexibility index (Phi) is 4.19. The maximum absolute atomic E-state index is 13.2. The summed E-state index contributed by atoms with van der Waals surface area (Å²) in [5.74, 6) is -4.13. The van der Waals surface area contributed by atoms with E-state index in [-0.39, 0.29) is 12.3 Å². The highest BCUT2D eigenvalue weighted by atomic mass is 16.4. The molecule has 4 rings (SSSR count). The van der Waals surface area contributed by atoms with Crippen molar-refractivity contribution in [2.75, 3.05) is 0 Å². The van der Waals surface area contributed by atoms with E-state index in [1.54, 1.807) is 18.2 Å². The summed E-state index contributed by atoms with van der Waals surface area (Å²) < 4.78 is 0. The topological polar surface area (TPSA) is 107 Å². The molecule has 2 aromatic carbocycles. The SMILES string of the molecule is C[C@]1(C(=O)O)N[C@H](c2ccccc2O)[C@@H]2C(=O)N(Cc3ccccc3)C(=O)[C@H]21. The van der Waals surface area contributed by atoms with Gasteiger partial charge in [0.25, 0.3) is 0 Å².